The highest BCUT2D eigenvalue weighted by molar-refractivity contribution is 7.89. The number of sulfonamides is 1. The van der Waals surface area contributed by atoms with Crippen LogP contribution in [0, 0.1) is 11.8 Å². The molecule has 0 bridgehead atoms. The molecule has 0 N–H and O–H groups in total. The average Bonchev–Trinajstić information content (AvgIpc) is 3.57. The van der Waals surface area contributed by atoms with Gasteiger partial charge in [0, 0.05) is 25.3 Å². The van der Waals surface area contributed by atoms with Crippen LogP contribution in [0.5, 0.6) is 5.75 Å². The Bertz CT molecular complexity index is 1390. The quantitative estimate of drug-likeness (QED) is 0.267. The van der Waals surface area contributed by atoms with Gasteiger partial charge in [0.15, 0.2) is 5.13 Å². The number of methoxy groups -OCH3 is 1. The van der Waals surface area contributed by atoms with Crippen molar-refractivity contribution >= 4 is 54.2 Å². The van der Waals surface area contributed by atoms with Gasteiger partial charge in [-0.1, -0.05) is 50.6 Å². The van der Waals surface area contributed by atoms with Crippen LogP contribution in [0.2, 0.25) is 5.02 Å². The van der Waals surface area contributed by atoms with Crippen molar-refractivity contribution in [1.29, 1.82) is 0 Å². The third-order valence-corrected chi connectivity index (χ3v) is 9.81. The summed E-state index contributed by atoms with van der Waals surface area (Å²) in [6.07, 6.45) is 1.66. The van der Waals surface area contributed by atoms with Gasteiger partial charge in [-0.3, -0.25) is 9.69 Å². The number of nitrogens with zero attached hydrogens (tertiary/aromatic N) is 3. The Morgan fingerprint density at radius 1 is 1.13 bits per heavy atom. The van der Waals surface area contributed by atoms with E-state index in [1.165, 1.54) is 27.8 Å². The summed E-state index contributed by atoms with van der Waals surface area (Å²) < 4.78 is 40.4. The van der Waals surface area contributed by atoms with Gasteiger partial charge in [-0.15, -0.1) is 0 Å². The fourth-order valence-electron chi connectivity index (χ4n) is 4.62. The van der Waals surface area contributed by atoms with Gasteiger partial charge in [-0.2, -0.15) is 4.31 Å². The van der Waals surface area contributed by atoms with Gasteiger partial charge >= 0.3 is 0 Å². The molecular weight excluding hydrogens is 558 g/mol. The number of halogens is 1. The van der Waals surface area contributed by atoms with Gasteiger partial charge in [-0.25, -0.2) is 13.4 Å². The van der Waals surface area contributed by atoms with E-state index in [2.05, 4.69) is 0 Å². The van der Waals surface area contributed by atoms with Crippen LogP contribution in [-0.2, 0) is 14.8 Å². The summed E-state index contributed by atoms with van der Waals surface area (Å²) in [5.41, 5.74) is 0.954. The van der Waals surface area contributed by atoms with Crippen LogP contribution in [0.25, 0.3) is 10.2 Å². The summed E-state index contributed by atoms with van der Waals surface area (Å²) in [6, 6.07) is 9.67. The Labute approximate surface area is 239 Å². The maximum atomic E-state index is 13.8. The molecule has 4 rings (SSSR count). The molecule has 212 valence electrons. The van der Waals surface area contributed by atoms with Crippen LogP contribution in [0.1, 0.15) is 50.9 Å². The maximum Gasteiger partial charge on any atom is 0.260 e. The highest BCUT2D eigenvalue weighted by Crippen LogP contribution is 2.39. The number of aromatic nitrogens is 1. The van der Waals surface area contributed by atoms with Crippen LogP contribution in [0.3, 0.4) is 0 Å². The van der Waals surface area contributed by atoms with Crippen molar-refractivity contribution in [3.8, 4) is 5.75 Å². The first-order chi connectivity index (χ1) is 18.5. The Morgan fingerprint density at radius 2 is 1.79 bits per heavy atom. The van der Waals surface area contributed by atoms with Gasteiger partial charge in [0.1, 0.15) is 11.3 Å². The third kappa shape index (κ3) is 6.74. The molecule has 1 aliphatic rings. The summed E-state index contributed by atoms with van der Waals surface area (Å²) in [4.78, 5) is 20.3. The highest BCUT2D eigenvalue weighted by atomic mass is 35.5. The van der Waals surface area contributed by atoms with E-state index < -0.39 is 10.0 Å². The van der Waals surface area contributed by atoms with Gasteiger partial charge in [0.05, 0.1) is 34.4 Å². The minimum Gasteiger partial charge on any atom is -0.494 e. The molecule has 0 aliphatic carbocycles. The molecule has 0 spiro atoms. The summed E-state index contributed by atoms with van der Waals surface area (Å²) in [6.45, 7) is 9.84. The van der Waals surface area contributed by atoms with Crippen LogP contribution < -0.4 is 9.64 Å². The normalized spacial score (nSPS) is 16.1. The van der Waals surface area contributed by atoms with E-state index in [9.17, 15) is 13.2 Å². The number of amides is 1. The van der Waals surface area contributed by atoms with Crippen molar-refractivity contribution in [2.24, 2.45) is 11.8 Å². The smallest absolute Gasteiger partial charge is 0.260 e. The Hall–Kier alpha value is -2.24. The maximum absolute atomic E-state index is 13.8. The second-order valence-electron chi connectivity index (χ2n) is 10.6. The molecule has 0 saturated carbocycles. The van der Waals surface area contributed by atoms with E-state index >= 15 is 0 Å². The number of anilines is 1. The molecule has 39 heavy (non-hydrogen) atoms. The van der Waals surface area contributed by atoms with Gasteiger partial charge in [-0.05, 0) is 61.1 Å². The number of thiazole rings is 1. The van der Waals surface area contributed by atoms with Gasteiger partial charge in [0.2, 0.25) is 10.0 Å². The van der Waals surface area contributed by atoms with E-state index in [4.69, 9.17) is 26.1 Å². The van der Waals surface area contributed by atoms with Crippen LogP contribution >= 0.6 is 22.9 Å². The topological polar surface area (TPSA) is 89.0 Å². The lowest BCUT2D eigenvalue weighted by Crippen LogP contribution is -2.38. The average molecular weight is 594 g/mol. The Balaban J connectivity index is 1.67. The molecule has 1 unspecified atom stereocenters. The Kier molecular flexibility index (Phi) is 9.54. The van der Waals surface area contributed by atoms with Crippen LogP contribution in [0.15, 0.2) is 41.3 Å². The second-order valence-corrected chi connectivity index (χ2v) is 13.9. The lowest BCUT2D eigenvalue weighted by atomic mass is 10.2. The molecule has 2 heterocycles. The molecule has 11 heteroatoms. The van der Waals surface area contributed by atoms with E-state index in [0.717, 1.165) is 17.5 Å². The van der Waals surface area contributed by atoms with Crippen molar-refractivity contribution in [2.75, 3.05) is 38.3 Å². The minimum absolute atomic E-state index is 0.112. The molecule has 2 aromatic carbocycles. The van der Waals surface area contributed by atoms with E-state index in [-0.39, 0.29) is 28.7 Å². The zero-order valence-electron chi connectivity index (χ0n) is 23.0. The van der Waals surface area contributed by atoms with E-state index in [1.54, 1.807) is 36.3 Å². The Morgan fingerprint density at radius 3 is 2.36 bits per heavy atom. The van der Waals surface area contributed by atoms with Crippen molar-refractivity contribution in [3.63, 3.8) is 0 Å². The number of ether oxygens (including phenoxy) is 2. The number of hydrogen-bond acceptors (Lipinski definition) is 7. The van der Waals surface area contributed by atoms with Crippen molar-refractivity contribution in [2.45, 2.75) is 51.5 Å². The van der Waals surface area contributed by atoms with Crippen molar-refractivity contribution in [3.05, 3.63) is 47.0 Å². The first-order valence-electron chi connectivity index (χ1n) is 13.2. The predicted octanol–water partition coefficient (Wildman–Crippen LogP) is 6.09. The third-order valence-electron chi connectivity index (χ3n) is 6.43. The largest absolute Gasteiger partial charge is 0.494 e. The SMILES string of the molecule is COc1ccc(Cl)c2sc(N(CC3CCCO3)C(=O)c3ccc(S(=O)(=O)N(CC(C)C)CC(C)C)cc3)nc12. The fraction of sp³-hybridized carbons (Fsp3) is 0.500. The summed E-state index contributed by atoms with van der Waals surface area (Å²) in [5, 5.41) is 1.01. The monoisotopic (exact) mass is 593 g/mol. The number of fused-ring (bicyclic) bond motifs is 1. The molecule has 1 amide bonds. The second kappa shape index (κ2) is 12.5. The number of hydrogen-bond donors (Lipinski definition) is 0. The summed E-state index contributed by atoms with van der Waals surface area (Å²) >= 11 is 7.76. The van der Waals surface area contributed by atoms with Crippen molar-refractivity contribution < 1.29 is 22.7 Å². The van der Waals surface area contributed by atoms with E-state index in [0.29, 0.717) is 53.2 Å². The predicted molar refractivity (Wildman–Crippen MR) is 157 cm³/mol. The van der Waals surface area contributed by atoms with Crippen LogP contribution in [0.4, 0.5) is 5.13 Å². The number of benzene rings is 2. The lowest BCUT2D eigenvalue weighted by Gasteiger charge is -2.26. The minimum atomic E-state index is -3.70. The van der Waals surface area contributed by atoms with Gasteiger partial charge in [0.25, 0.3) is 5.91 Å². The molecule has 3 aromatic rings. The zero-order valence-corrected chi connectivity index (χ0v) is 25.4. The van der Waals surface area contributed by atoms with Gasteiger partial charge < -0.3 is 9.47 Å². The molecule has 0 radical (unpaired) electrons. The highest BCUT2D eigenvalue weighted by Gasteiger charge is 2.30. The molecular formula is C28H36ClN3O5S2. The molecule has 1 fully saturated rings. The lowest BCUT2D eigenvalue weighted by molar-refractivity contribution is 0.0917. The van der Waals surface area contributed by atoms with Crippen LogP contribution in [-0.4, -0.2) is 63.1 Å². The number of carbonyl (C=O) groups excluding carboxylic acids is 1. The molecule has 1 atom stereocenters. The molecule has 8 nitrogen and oxygen atoms in total. The molecule has 1 saturated heterocycles. The zero-order chi connectivity index (χ0) is 28.3. The fourth-order valence-corrected chi connectivity index (χ4v) is 7.65. The standard InChI is InChI=1S/C28H36ClN3O5S2/c1-18(2)15-31(16-19(3)4)39(34,35)22-10-8-20(9-11-22)27(33)32(17-21-7-6-14-37-21)28-30-25-24(36-5)13-12-23(29)26(25)38-28/h8-13,18-19,21H,6-7,14-17H2,1-5H3. The van der Waals surface area contributed by atoms with Crippen molar-refractivity contribution in [1.82, 2.24) is 9.29 Å². The summed E-state index contributed by atoms with van der Waals surface area (Å²) in [5.74, 6) is 0.659. The summed E-state index contributed by atoms with van der Waals surface area (Å²) in [7, 11) is -2.14. The number of rotatable bonds is 11. The van der Waals surface area contributed by atoms with E-state index in [1.807, 2.05) is 27.7 Å². The molecule has 1 aliphatic heterocycles. The number of carbonyl (C=O) groups is 1. The molecule has 1 aromatic heterocycles. The first-order valence-corrected chi connectivity index (χ1v) is 15.8. The first kappa shape index (κ1) is 29.7.